The van der Waals surface area contributed by atoms with Crippen molar-refractivity contribution in [3.8, 4) is 28.7 Å². The lowest BCUT2D eigenvalue weighted by Crippen LogP contribution is -2.18. The molecule has 1 N–H and O–H groups in total. The number of rotatable bonds is 4. The maximum Gasteiger partial charge on any atom is 0.573 e. The average molecular weight is 532 g/mol. The summed E-state index contributed by atoms with van der Waals surface area (Å²) in [6, 6.07) is 9.72. The molecule has 14 heteroatoms. The summed E-state index contributed by atoms with van der Waals surface area (Å²) in [5.41, 5.74) is 0.436. The van der Waals surface area contributed by atoms with Crippen LogP contribution in [0.3, 0.4) is 0 Å². The van der Waals surface area contributed by atoms with Crippen LogP contribution in [0.1, 0.15) is 5.56 Å². The van der Waals surface area contributed by atoms with Crippen molar-refractivity contribution in [2.45, 2.75) is 6.36 Å². The van der Waals surface area contributed by atoms with Crippen molar-refractivity contribution in [3.63, 3.8) is 0 Å². The van der Waals surface area contributed by atoms with Gasteiger partial charge in [0.05, 0.1) is 34.1 Å². The molecule has 0 aliphatic heterocycles. The number of benzene rings is 2. The molecule has 0 bridgehead atoms. The summed E-state index contributed by atoms with van der Waals surface area (Å²) >= 11 is 0. The van der Waals surface area contributed by atoms with Gasteiger partial charge in [-0.25, -0.2) is 0 Å². The van der Waals surface area contributed by atoms with E-state index >= 15 is 0 Å². The van der Waals surface area contributed by atoms with Gasteiger partial charge in [0.15, 0.2) is 11.2 Å². The first-order valence-electron chi connectivity index (χ1n) is 10.2. The molecule has 5 aromatic rings. The fourth-order valence-corrected chi connectivity index (χ4v) is 4.50. The van der Waals surface area contributed by atoms with Gasteiger partial charge in [0.25, 0.3) is 0 Å². The van der Waals surface area contributed by atoms with Gasteiger partial charge in [-0.3, -0.25) is 9.78 Å². The molecule has 0 atom stereocenters. The predicted molar refractivity (Wildman–Crippen MR) is 124 cm³/mol. The molecule has 0 unspecified atom stereocenters. The Kier molecular flexibility index (Phi) is 5.34. The number of hydrogen-bond acceptors (Lipinski definition) is 7. The zero-order chi connectivity index (χ0) is 26.7. The number of nitriles is 1. The number of H-pyrrole nitrogens is 1. The molecule has 0 amide bonds. The first-order valence-corrected chi connectivity index (χ1v) is 11.5. The van der Waals surface area contributed by atoms with Crippen LogP contribution in [0.4, 0.5) is 17.1 Å². The number of nitrogens with zero attached hydrogens (tertiary/aromatic N) is 3. The molecule has 5 rings (SSSR count). The number of ether oxygens (including phenoxy) is 1. The molecule has 0 aliphatic carbocycles. The number of fused-ring (bicyclic) bond motifs is 4. The minimum atomic E-state index is -5.43. The highest BCUT2D eigenvalue weighted by Crippen LogP contribution is 2.38. The van der Waals surface area contributed by atoms with Crippen LogP contribution >= 0.6 is 0 Å². The Morgan fingerprint density at radius 1 is 1.11 bits per heavy atom. The van der Waals surface area contributed by atoms with Crippen molar-refractivity contribution in [2.75, 3.05) is 0 Å². The number of aromatic nitrogens is 3. The van der Waals surface area contributed by atoms with Crippen molar-refractivity contribution >= 4 is 43.3 Å². The van der Waals surface area contributed by atoms with Gasteiger partial charge in [0.2, 0.25) is 0 Å². The number of pyridine rings is 2. The summed E-state index contributed by atoms with van der Waals surface area (Å²) in [4.78, 5) is 20.2. The van der Waals surface area contributed by atoms with E-state index in [1.165, 1.54) is 12.1 Å². The van der Waals surface area contributed by atoms with Gasteiger partial charge in [-0.1, -0.05) is 9.95 Å². The minimum Gasteiger partial charge on any atom is -0.405 e. The second kappa shape index (κ2) is 8.20. The fraction of sp³-hybridized carbons (Fsp3) is 0.0870. The lowest BCUT2D eigenvalue weighted by Gasteiger charge is -2.16. The van der Waals surface area contributed by atoms with E-state index in [9.17, 15) is 35.5 Å². The number of aromatic amines is 1. The third kappa shape index (κ3) is 4.40. The van der Waals surface area contributed by atoms with Crippen LogP contribution in [0, 0.1) is 11.3 Å². The van der Waals surface area contributed by atoms with Gasteiger partial charge >= 0.3 is 16.9 Å². The van der Waals surface area contributed by atoms with E-state index in [1.807, 2.05) is 6.07 Å². The van der Waals surface area contributed by atoms with Crippen molar-refractivity contribution in [3.05, 3.63) is 64.6 Å². The highest BCUT2D eigenvalue weighted by molar-refractivity contribution is 7.81. The summed E-state index contributed by atoms with van der Waals surface area (Å²) in [5.74, 6) is -1.36. The molecule has 37 heavy (non-hydrogen) atoms. The Bertz CT molecular complexity index is 1960. The number of nitrogens with one attached hydrogen (secondary N) is 1. The lowest BCUT2D eigenvalue weighted by molar-refractivity contribution is -0.274. The van der Waals surface area contributed by atoms with E-state index in [0.717, 1.165) is 24.5 Å². The maximum absolute atomic E-state index is 13.5. The van der Waals surface area contributed by atoms with Crippen molar-refractivity contribution < 1.29 is 34.4 Å². The summed E-state index contributed by atoms with van der Waals surface area (Å²) in [6.07, 6.45) is -3.20. The highest BCUT2D eigenvalue weighted by Gasteiger charge is 2.33. The monoisotopic (exact) mass is 532 g/mol. The van der Waals surface area contributed by atoms with Crippen LogP contribution < -0.4 is 14.3 Å². The molecular weight excluding hydrogens is 520 g/mol. The van der Waals surface area contributed by atoms with Gasteiger partial charge in [0.1, 0.15) is 11.4 Å². The van der Waals surface area contributed by atoms with Gasteiger partial charge in [-0.2, -0.15) is 13.7 Å². The summed E-state index contributed by atoms with van der Waals surface area (Å²) in [5, 5.41) is 9.74. The largest absolute Gasteiger partial charge is 0.573 e. The van der Waals surface area contributed by atoms with Crippen molar-refractivity contribution in [2.24, 2.45) is 7.05 Å². The maximum atomic E-state index is 13.5. The molecule has 2 aromatic carbocycles. The van der Waals surface area contributed by atoms with Crippen molar-refractivity contribution in [1.82, 2.24) is 14.5 Å². The zero-order valence-corrected chi connectivity index (χ0v) is 19.2. The van der Waals surface area contributed by atoms with Gasteiger partial charge in [-0.15, -0.1) is 13.2 Å². The second-order valence-electron chi connectivity index (χ2n) is 7.91. The number of hydrogen-bond donors (Lipinski definition) is 1. The number of alkyl halides is 3. The molecule has 0 saturated carbocycles. The summed E-state index contributed by atoms with van der Waals surface area (Å²) in [6.45, 7) is 0. The molecule has 0 fully saturated rings. The Hall–Kier alpha value is -4.64. The third-order valence-electron chi connectivity index (χ3n) is 5.62. The third-order valence-corrected chi connectivity index (χ3v) is 6.01. The molecule has 3 aromatic heterocycles. The molecule has 9 nitrogen and oxygen atoms in total. The van der Waals surface area contributed by atoms with Crippen LogP contribution in [0.25, 0.3) is 44.0 Å². The van der Waals surface area contributed by atoms with E-state index in [1.54, 1.807) is 23.7 Å². The van der Waals surface area contributed by atoms with Gasteiger partial charge in [-0.05, 0) is 30.3 Å². The van der Waals surface area contributed by atoms with E-state index in [-0.39, 0.29) is 27.4 Å². The fourth-order valence-electron chi connectivity index (χ4n) is 4.18. The molecule has 0 aliphatic rings. The van der Waals surface area contributed by atoms with Crippen LogP contribution in [0.5, 0.6) is 11.5 Å². The van der Waals surface area contributed by atoms with Crippen LogP contribution in [-0.2, 0) is 17.6 Å². The number of halogens is 4. The zero-order valence-electron chi connectivity index (χ0n) is 18.4. The van der Waals surface area contributed by atoms with E-state index in [2.05, 4.69) is 18.9 Å². The van der Waals surface area contributed by atoms with E-state index in [0.29, 0.717) is 22.1 Å². The van der Waals surface area contributed by atoms with Crippen LogP contribution in [-0.4, -0.2) is 29.3 Å². The quantitative estimate of drug-likeness (QED) is 0.265. The first kappa shape index (κ1) is 24.1. The molecular formula is C23H12F4N4O5S. The Morgan fingerprint density at radius 2 is 1.86 bits per heavy atom. The van der Waals surface area contributed by atoms with E-state index < -0.39 is 33.8 Å². The summed E-state index contributed by atoms with van der Waals surface area (Å²) < 4.78 is 84.4. The minimum absolute atomic E-state index is 0.102. The SMILES string of the molecule is Cn1c2cc(-c3cncc(OS(=O)(=O)F)c3)c(OC(F)(F)F)cc2c(=O)c2c3ccc(C#N)cc3[nH]c21. The average Bonchev–Trinajstić information content (AvgIpc) is 3.19. The molecule has 3 heterocycles. The van der Waals surface area contributed by atoms with E-state index in [4.69, 9.17) is 0 Å². The van der Waals surface area contributed by atoms with Gasteiger partial charge < -0.3 is 18.5 Å². The normalized spacial score (nSPS) is 12.2. The van der Waals surface area contributed by atoms with Crippen LogP contribution in [0.2, 0.25) is 0 Å². The molecule has 0 radical (unpaired) electrons. The lowest BCUT2D eigenvalue weighted by atomic mass is 10.0. The molecule has 0 spiro atoms. The standard InChI is InChI=1S/C23H12F4N4O5S/c1-31-18-6-15(12-5-13(10-29-9-12)36-37(27,33)34)19(35-23(24,25)26)7-16(18)21(32)20-14-3-2-11(8-28)4-17(14)30-22(20)31/h2-7,9-10,30H,1H3. The highest BCUT2D eigenvalue weighted by atomic mass is 32.3. The topological polar surface area (TPSA) is 127 Å². The molecule has 0 saturated heterocycles. The Balaban J connectivity index is 1.84. The Labute approximate surface area is 204 Å². The Morgan fingerprint density at radius 3 is 2.54 bits per heavy atom. The summed E-state index contributed by atoms with van der Waals surface area (Å²) in [7, 11) is -3.85. The molecule has 188 valence electrons. The first-order chi connectivity index (χ1) is 17.3. The van der Waals surface area contributed by atoms with Gasteiger partial charge in [0, 0.05) is 35.3 Å². The van der Waals surface area contributed by atoms with Crippen LogP contribution in [0.15, 0.2) is 53.6 Å². The number of aryl methyl sites for hydroxylation is 1. The smallest absolute Gasteiger partial charge is 0.405 e. The second-order valence-corrected chi connectivity index (χ2v) is 8.86. The predicted octanol–water partition coefficient (Wildman–Crippen LogP) is 4.60. The van der Waals surface area contributed by atoms with Crippen molar-refractivity contribution in [1.29, 1.82) is 5.26 Å².